The van der Waals surface area contributed by atoms with Gasteiger partial charge in [-0.1, -0.05) is 30.2 Å². The maximum Gasteiger partial charge on any atom is 0.238 e. The van der Waals surface area contributed by atoms with E-state index in [9.17, 15) is 4.79 Å². The van der Waals surface area contributed by atoms with Gasteiger partial charge in [0.1, 0.15) is 0 Å². The summed E-state index contributed by atoms with van der Waals surface area (Å²) in [5.74, 6) is -0.0597. The Labute approximate surface area is 129 Å². The second-order valence-corrected chi connectivity index (χ2v) is 5.85. The van der Waals surface area contributed by atoms with Gasteiger partial charge < -0.3 is 11.1 Å². The van der Waals surface area contributed by atoms with Gasteiger partial charge in [0, 0.05) is 10.7 Å². The number of likely N-dealkylation sites (tertiary alicyclic amines) is 1. The first-order valence-electron chi connectivity index (χ1n) is 6.65. The lowest BCUT2D eigenvalue weighted by Gasteiger charge is -2.34. The molecule has 0 aliphatic carbocycles. The molecule has 0 aromatic heterocycles. The van der Waals surface area contributed by atoms with Crippen molar-refractivity contribution in [3.63, 3.8) is 0 Å². The molecule has 1 aromatic rings. The second-order valence-electron chi connectivity index (χ2n) is 4.94. The highest BCUT2D eigenvalue weighted by atomic mass is 35.5. The van der Waals surface area contributed by atoms with Crippen molar-refractivity contribution in [3.8, 4) is 0 Å². The molecule has 1 amide bonds. The Hall–Kier alpha value is -1.17. The Morgan fingerprint density at radius 2 is 2.10 bits per heavy atom. The first-order chi connectivity index (χ1) is 9.56. The molecule has 3 N–H and O–H groups in total. The minimum Gasteiger partial charge on any atom is -0.392 e. The highest BCUT2D eigenvalue weighted by molar-refractivity contribution is 7.80. The molecular weight excluding hydrogens is 294 g/mol. The van der Waals surface area contributed by atoms with Gasteiger partial charge in [0.2, 0.25) is 5.91 Å². The fourth-order valence-corrected chi connectivity index (χ4v) is 2.81. The maximum atomic E-state index is 12.1. The number of carbonyl (C=O) groups is 1. The summed E-state index contributed by atoms with van der Waals surface area (Å²) in [5, 5.41) is 3.50. The summed E-state index contributed by atoms with van der Waals surface area (Å²) in [6, 6.07) is 7.09. The number of carbonyl (C=O) groups excluding carboxylic acids is 1. The van der Waals surface area contributed by atoms with E-state index in [2.05, 4.69) is 10.2 Å². The van der Waals surface area contributed by atoms with Crippen LogP contribution >= 0.6 is 23.8 Å². The molecule has 108 valence electrons. The topological polar surface area (TPSA) is 58.4 Å². The van der Waals surface area contributed by atoms with Crippen LogP contribution in [0.2, 0.25) is 5.02 Å². The van der Waals surface area contributed by atoms with Crippen molar-refractivity contribution in [1.82, 2.24) is 4.90 Å². The summed E-state index contributed by atoms with van der Waals surface area (Å²) in [7, 11) is 0. The van der Waals surface area contributed by atoms with Gasteiger partial charge in [-0.25, -0.2) is 0 Å². The smallest absolute Gasteiger partial charge is 0.238 e. The number of nitrogens with one attached hydrogen (secondary N) is 1. The average molecular weight is 312 g/mol. The monoisotopic (exact) mass is 311 g/mol. The van der Waals surface area contributed by atoms with E-state index in [1.807, 2.05) is 0 Å². The SMILES string of the molecule is NC(=S)C1CCCCN1CC(=O)Nc1ccc(Cl)cc1. The Kier molecular flexibility index (Phi) is 5.34. The molecule has 1 aliphatic rings. The number of benzene rings is 1. The fraction of sp³-hybridized carbons (Fsp3) is 0.429. The van der Waals surface area contributed by atoms with Crippen molar-refractivity contribution in [1.29, 1.82) is 0 Å². The zero-order chi connectivity index (χ0) is 14.5. The van der Waals surface area contributed by atoms with Crippen molar-refractivity contribution in [2.45, 2.75) is 25.3 Å². The van der Waals surface area contributed by atoms with Crippen LogP contribution in [0.3, 0.4) is 0 Å². The van der Waals surface area contributed by atoms with Crippen molar-refractivity contribution in [2.75, 3.05) is 18.4 Å². The molecule has 1 heterocycles. The zero-order valence-electron chi connectivity index (χ0n) is 11.1. The lowest BCUT2D eigenvalue weighted by molar-refractivity contribution is -0.117. The quantitative estimate of drug-likeness (QED) is 0.839. The van der Waals surface area contributed by atoms with E-state index in [4.69, 9.17) is 29.6 Å². The van der Waals surface area contributed by atoms with Crippen molar-refractivity contribution in [3.05, 3.63) is 29.3 Å². The van der Waals surface area contributed by atoms with Gasteiger partial charge in [-0.2, -0.15) is 0 Å². The van der Waals surface area contributed by atoms with Crippen LogP contribution in [0.15, 0.2) is 24.3 Å². The molecule has 0 bridgehead atoms. The minimum absolute atomic E-state index is 0.0368. The van der Waals surface area contributed by atoms with E-state index < -0.39 is 0 Å². The van der Waals surface area contributed by atoms with E-state index in [1.165, 1.54) is 0 Å². The van der Waals surface area contributed by atoms with Crippen molar-refractivity contribution >= 4 is 40.4 Å². The summed E-state index contributed by atoms with van der Waals surface area (Å²) in [5.41, 5.74) is 6.49. The molecule has 2 rings (SSSR count). The van der Waals surface area contributed by atoms with Crippen LogP contribution in [0.25, 0.3) is 0 Å². The van der Waals surface area contributed by atoms with E-state index in [-0.39, 0.29) is 11.9 Å². The molecule has 1 atom stereocenters. The van der Waals surface area contributed by atoms with E-state index in [0.29, 0.717) is 16.6 Å². The predicted molar refractivity (Wildman–Crippen MR) is 86.1 cm³/mol. The van der Waals surface area contributed by atoms with E-state index in [0.717, 1.165) is 31.5 Å². The van der Waals surface area contributed by atoms with Gasteiger partial charge in [0.15, 0.2) is 0 Å². The van der Waals surface area contributed by atoms with Gasteiger partial charge in [-0.15, -0.1) is 0 Å². The lowest BCUT2D eigenvalue weighted by Crippen LogP contribution is -2.49. The van der Waals surface area contributed by atoms with Crippen LogP contribution < -0.4 is 11.1 Å². The van der Waals surface area contributed by atoms with Crippen LogP contribution in [0.4, 0.5) is 5.69 Å². The van der Waals surface area contributed by atoms with Gasteiger partial charge in [-0.3, -0.25) is 9.69 Å². The standard InChI is InChI=1S/C14H18ClN3OS/c15-10-4-6-11(7-5-10)17-13(19)9-18-8-2-1-3-12(18)14(16)20/h4-7,12H,1-3,8-9H2,(H2,16,20)(H,17,19). The third kappa shape index (κ3) is 4.16. The summed E-state index contributed by atoms with van der Waals surface area (Å²) < 4.78 is 0. The zero-order valence-corrected chi connectivity index (χ0v) is 12.7. The number of piperidine rings is 1. The van der Waals surface area contributed by atoms with E-state index in [1.54, 1.807) is 24.3 Å². The third-order valence-corrected chi connectivity index (χ3v) is 3.94. The summed E-state index contributed by atoms with van der Waals surface area (Å²) in [6.07, 6.45) is 3.12. The fourth-order valence-electron chi connectivity index (χ4n) is 2.42. The van der Waals surface area contributed by atoms with Crippen LogP contribution in [0.5, 0.6) is 0 Å². The van der Waals surface area contributed by atoms with Crippen LogP contribution in [-0.2, 0) is 4.79 Å². The molecule has 1 aromatic carbocycles. The molecule has 1 saturated heterocycles. The lowest BCUT2D eigenvalue weighted by atomic mass is 10.0. The molecule has 1 unspecified atom stereocenters. The number of rotatable bonds is 4. The van der Waals surface area contributed by atoms with Gasteiger partial charge in [0.05, 0.1) is 17.6 Å². The second kappa shape index (κ2) is 7.02. The highest BCUT2D eigenvalue weighted by Crippen LogP contribution is 2.18. The molecule has 20 heavy (non-hydrogen) atoms. The molecule has 1 aliphatic heterocycles. The predicted octanol–water partition coefficient (Wildman–Crippen LogP) is 2.42. The Bertz CT molecular complexity index is 492. The summed E-state index contributed by atoms with van der Waals surface area (Å²) in [4.78, 5) is 14.6. The van der Waals surface area contributed by atoms with Gasteiger partial charge in [-0.05, 0) is 43.7 Å². The number of hydrogen-bond donors (Lipinski definition) is 2. The highest BCUT2D eigenvalue weighted by Gasteiger charge is 2.26. The average Bonchev–Trinajstić information content (AvgIpc) is 2.41. The molecule has 4 nitrogen and oxygen atoms in total. The van der Waals surface area contributed by atoms with Gasteiger partial charge >= 0.3 is 0 Å². The first kappa shape index (κ1) is 15.2. The Balaban J connectivity index is 1.92. The van der Waals surface area contributed by atoms with Crippen LogP contribution in [0.1, 0.15) is 19.3 Å². The number of anilines is 1. The molecular formula is C14H18ClN3OS. The molecule has 1 fully saturated rings. The number of thiocarbonyl (C=S) groups is 1. The Morgan fingerprint density at radius 3 is 2.75 bits per heavy atom. The normalized spacial score (nSPS) is 19.6. The third-order valence-electron chi connectivity index (χ3n) is 3.42. The first-order valence-corrected chi connectivity index (χ1v) is 7.43. The number of nitrogens with two attached hydrogens (primary N) is 1. The van der Waals surface area contributed by atoms with Crippen molar-refractivity contribution < 1.29 is 4.79 Å². The van der Waals surface area contributed by atoms with Crippen LogP contribution in [-0.4, -0.2) is 34.9 Å². The molecule has 6 heteroatoms. The Morgan fingerprint density at radius 1 is 1.40 bits per heavy atom. The largest absolute Gasteiger partial charge is 0.392 e. The molecule has 0 saturated carbocycles. The number of hydrogen-bond acceptors (Lipinski definition) is 3. The molecule has 0 radical (unpaired) electrons. The minimum atomic E-state index is -0.0597. The van der Waals surface area contributed by atoms with E-state index >= 15 is 0 Å². The maximum absolute atomic E-state index is 12.1. The number of amides is 1. The van der Waals surface area contributed by atoms with Gasteiger partial charge in [0.25, 0.3) is 0 Å². The number of nitrogens with zero attached hydrogens (tertiary/aromatic N) is 1. The van der Waals surface area contributed by atoms with Crippen LogP contribution in [0, 0.1) is 0 Å². The summed E-state index contributed by atoms with van der Waals surface area (Å²) in [6.45, 7) is 1.17. The number of halogens is 1. The summed E-state index contributed by atoms with van der Waals surface area (Å²) >= 11 is 10.9. The van der Waals surface area contributed by atoms with Crippen molar-refractivity contribution in [2.24, 2.45) is 5.73 Å². The molecule has 0 spiro atoms.